The van der Waals surface area contributed by atoms with Crippen molar-refractivity contribution in [1.29, 1.82) is 0 Å². The van der Waals surface area contributed by atoms with Crippen LogP contribution in [0.2, 0.25) is 0 Å². The van der Waals surface area contributed by atoms with Crippen molar-refractivity contribution in [2.24, 2.45) is 5.73 Å². The van der Waals surface area contributed by atoms with Gasteiger partial charge in [0, 0.05) is 24.3 Å². The lowest BCUT2D eigenvalue weighted by atomic mass is 9.96. The van der Waals surface area contributed by atoms with E-state index >= 15 is 0 Å². The minimum absolute atomic E-state index is 0.196. The van der Waals surface area contributed by atoms with Crippen LogP contribution in [0, 0.1) is 0 Å². The first-order valence-corrected chi connectivity index (χ1v) is 6.70. The number of pyridine rings is 1. The third kappa shape index (κ3) is 4.52. The Morgan fingerprint density at radius 2 is 2.11 bits per heavy atom. The summed E-state index contributed by atoms with van der Waals surface area (Å²) in [5.74, 6) is 0.422. The second kappa shape index (κ2) is 7.09. The molecule has 3 N–H and O–H groups in total. The van der Waals surface area contributed by atoms with Crippen molar-refractivity contribution in [3.8, 4) is 5.75 Å². The van der Waals surface area contributed by atoms with E-state index < -0.39 is 0 Å². The Hall–Kier alpha value is -1.62. The molecule has 5 heteroatoms. The first-order chi connectivity index (χ1) is 9.04. The number of nitrogens with zero attached hydrogens (tertiary/aromatic N) is 1. The van der Waals surface area contributed by atoms with Crippen LogP contribution >= 0.6 is 0 Å². The lowest BCUT2D eigenvalue weighted by molar-refractivity contribution is 0.0950. The third-order valence-electron chi connectivity index (χ3n) is 3.24. The Labute approximate surface area is 114 Å². The predicted molar refractivity (Wildman–Crippen MR) is 75.2 cm³/mol. The van der Waals surface area contributed by atoms with Gasteiger partial charge in [-0.2, -0.15) is 0 Å². The van der Waals surface area contributed by atoms with E-state index in [1.807, 2.05) is 20.8 Å². The van der Waals surface area contributed by atoms with Crippen LogP contribution in [0.25, 0.3) is 0 Å². The van der Waals surface area contributed by atoms with Crippen LogP contribution in [0.1, 0.15) is 44.1 Å². The Morgan fingerprint density at radius 1 is 1.42 bits per heavy atom. The Balaban J connectivity index is 2.70. The van der Waals surface area contributed by atoms with Gasteiger partial charge >= 0.3 is 0 Å². The fourth-order valence-electron chi connectivity index (χ4n) is 1.56. The summed E-state index contributed by atoms with van der Waals surface area (Å²) in [6, 6.07) is 3.37. The van der Waals surface area contributed by atoms with Gasteiger partial charge in [-0.25, -0.2) is 0 Å². The second-order valence-corrected chi connectivity index (χ2v) is 4.59. The highest BCUT2D eigenvalue weighted by Crippen LogP contribution is 2.16. The summed E-state index contributed by atoms with van der Waals surface area (Å²) >= 11 is 0. The molecule has 0 spiro atoms. The van der Waals surface area contributed by atoms with Crippen LogP contribution in [-0.4, -0.2) is 29.6 Å². The van der Waals surface area contributed by atoms with E-state index in [1.54, 1.807) is 18.3 Å². The molecule has 106 valence electrons. The highest BCUT2D eigenvalue weighted by Gasteiger charge is 2.21. The second-order valence-electron chi connectivity index (χ2n) is 4.59. The number of carbonyl (C=O) groups is 1. The molecule has 0 aliphatic rings. The molecule has 0 bridgehead atoms. The molecule has 1 aromatic heterocycles. The van der Waals surface area contributed by atoms with E-state index in [1.165, 1.54) is 0 Å². The van der Waals surface area contributed by atoms with Crippen molar-refractivity contribution >= 4 is 5.91 Å². The van der Waals surface area contributed by atoms with Gasteiger partial charge in [-0.3, -0.25) is 9.78 Å². The standard InChI is InChI=1S/C14H23N3O2/c1-4-14(15,5-2)10-19-11-7-8-17-12(9-11)13(18)16-6-3/h7-9H,4-6,10,15H2,1-3H3,(H,16,18). The van der Waals surface area contributed by atoms with Gasteiger partial charge in [0.1, 0.15) is 18.1 Å². The third-order valence-corrected chi connectivity index (χ3v) is 3.24. The van der Waals surface area contributed by atoms with E-state index in [9.17, 15) is 4.79 Å². The van der Waals surface area contributed by atoms with Gasteiger partial charge in [0.15, 0.2) is 0 Å². The van der Waals surface area contributed by atoms with E-state index in [4.69, 9.17) is 10.5 Å². The molecular formula is C14H23N3O2. The van der Waals surface area contributed by atoms with Crippen LogP contribution in [0.5, 0.6) is 5.75 Å². The van der Waals surface area contributed by atoms with Crippen molar-refractivity contribution in [2.45, 2.75) is 39.2 Å². The molecule has 0 atom stereocenters. The molecule has 0 aliphatic carbocycles. The number of amides is 1. The Morgan fingerprint density at radius 3 is 2.68 bits per heavy atom. The molecule has 1 aromatic rings. The van der Waals surface area contributed by atoms with Gasteiger partial charge in [0.05, 0.1) is 0 Å². The van der Waals surface area contributed by atoms with Gasteiger partial charge in [-0.1, -0.05) is 13.8 Å². The van der Waals surface area contributed by atoms with Crippen molar-refractivity contribution in [1.82, 2.24) is 10.3 Å². The zero-order chi connectivity index (χ0) is 14.3. The maximum atomic E-state index is 11.7. The van der Waals surface area contributed by atoms with Crippen LogP contribution in [0.15, 0.2) is 18.3 Å². The van der Waals surface area contributed by atoms with Gasteiger partial charge in [0.25, 0.3) is 5.91 Å². The lowest BCUT2D eigenvalue weighted by Crippen LogP contribution is -2.44. The van der Waals surface area contributed by atoms with E-state index in [-0.39, 0.29) is 11.4 Å². The number of hydrogen-bond donors (Lipinski definition) is 2. The van der Waals surface area contributed by atoms with Gasteiger partial charge in [-0.05, 0) is 25.8 Å². The number of hydrogen-bond acceptors (Lipinski definition) is 4. The highest BCUT2D eigenvalue weighted by atomic mass is 16.5. The Bertz CT molecular complexity index is 417. The van der Waals surface area contributed by atoms with Crippen LogP contribution in [-0.2, 0) is 0 Å². The van der Waals surface area contributed by atoms with Crippen molar-refractivity contribution < 1.29 is 9.53 Å². The zero-order valence-electron chi connectivity index (χ0n) is 11.9. The summed E-state index contributed by atoms with van der Waals surface area (Å²) in [4.78, 5) is 15.7. The number of nitrogens with one attached hydrogen (secondary N) is 1. The van der Waals surface area contributed by atoms with Crippen molar-refractivity contribution in [3.63, 3.8) is 0 Å². The largest absolute Gasteiger partial charge is 0.492 e. The summed E-state index contributed by atoms with van der Waals surface area (Å²) in [5.41, 5.74) is 6.20. The number of nitrogens with two attached hydrogens (primary N) is 1. The number of ether oxygens (including phenoxy) is 1. The number of rotatable bonds is 7. The molecule has 0 saturated heterocycles. The fraction of sp³-hybridized carbons (Fsp3) is 0.571. The van der Waals surface area contributed by atoms with Crippen LogP contribution < -0.4 is 15.8 Å². The van der Waals surface area contributed by atoms with E-state index in [2.05, 4.69) is 10.3 Å². The smallest absolute Gasteiger partial charge is 0.270 e. The van der Waals surface area contributed by atoms with Crippen molar-refractivity contribution in [3.05, 3.63) is 24.0 Å². The summed E-state index contributed by atoms with van der Waals surface area (Å²) in [6.45, 7) is 6.95. The molecule has 0 fully saturated rings. The normalized spacial score (nSPS) is 11.2. The zero-order valence-corrected chi connectivity index (χ0v) is 11.9. The van der Waals surface area contributed by atoms with Gasteiger partial charge in [0.2, 0.25) is 0 Å². The lowest BCUT2D eigenvalue weighted by Gasteiger charge is -2.26. The van der Waals surface area contributed by atoms with Crippen LogP contribution in [0.3, 0.4) is 0 Å². The molecule has 0 radical (unpaired) electrons. The fourth-order valence-corrected chi connectivity index (χ4v) is 1.56. The molecule has 0 saturated carbocycles. The van der Waals surface area contributed by atoms with Gasteiger partial charge in [-0.15, -0.1) is 0 Å². The topological polar surface area (TPSA) is 77.2 Å². The minimum atomic E-state index is -0.324. The minimum Gasteiger partial charge on any atom is -0.492 e. The van der Waals surface area contributed by atoms with Gasteiger partial charge < -0.3 is 15.8 Å². The molecule has 5 nitrogen and oxygen atoms in total. The first kappa shape index (κ1) is 15.4. The Kier molecular flexibility index (Phi) is 5.76. The maximum absolute atomic E-state index is 11.7. The van der Waals surface area contributed by atoms with Crippen LogP contribution in [0.4, 0.5) is 0 Å². The number of carbonyl (C=O) groups excluding carboxylic acids is 1. The average Bonchev–Trinajstić information content (AvgIpc) is 2.45. The molecule has 1 amide bonds. The quantitative estimate of drug-likeness (QED) is 0.787. The van der Waals surface area contributed by atoms with E-state index in [0.717, 1.165) is 12.8 Å². The SMILES string of the molecule is CCNC(=O)c1cc(OCC(N)(CC)CC)ccn1. The summed E-state index contributed by atoms with van der Waals surface area (Å²) in [6.07, 6.45) is 3.26. The summed E-state index contributed by atoms with van der Waals surface area (Å²) < 4.78 is 5.68. The molecule has 0 aliphatic heterocycles. The molecule has 1 rings (SSSR count). The summed E-state index contributed by atoms with van der Waals surface area (Å²) in [7, 11) is 0. The van der Waals surface area contributed by atoms with Crippen molar-refractivity contribution in [2.75, 3.05) is 13.2 Å². The molecular weight excluding hydrogens is 242 g/mol. The van der Waals surface area contributed by atoms with E-state index in [0.29, 0.717) is 24.6 Å². The molecule has 0 aromatic carbocycles. The molecule has 19 heavy (non-hydrogen) atoms. The predicted octanol–water partition coefficient (Wildman–Crippen LogP) is 1.73. The number of aromatic nitrogens is 1. The average molecular weight is 265 g/mol. The molecule has 0 unspecified atom stereocenters. The summed E-state index contributed by atoms with van der Waals surface area (Å²) in [5, 5.41) is 2.70. The first-order valence-electron chi connectivity index (χ1n) is 6.70. The molecule has 1 heterocycles. The maximum Gasteiger partial charge on any atom is 0.270 e. The monoisotopic (exact) mass is 265 g/mol. The highest BCUT2D eigenvalue weighted by molar-refractivity contribution is 5.92.